The first kappa shape index (κ1) is 10.7. The van der Waals surface area contributed by atoms with E-state index in [1.165, 1.54) is 25.9 Å². The predicted molar refractivity (Wildman–Crippen MR) is 43.3 cm³/mol. The maximum absolute atomic E-state index is 11.2. The summed E-state index contributed by atoms with van der Waals surface area (Å²) in [6.07, 6.45) is 0. The quantitative estimate of drug-likeness (QED) is 0.372. The highest BCUT2D eigenvalue weighted by Gasteiger charge is 2.30. The molecule has 0 spiro atoms. The Labute approximate surface area is 70.4 Å². The van der Waals surface area contributed by atoms with Crippen LogP contribution in [0.5, 0.6) is 0 Å². The Balaban J connectivity index is 4.38. The summed E-state index contributed by atoms with van der Waals surface area (Å²) in [5.41, 5.74) is 6.37. The van der Waals surface area contributed by atoms with Crippen molar-refractivity contribution in [3.05, 3.63) is 10.4 Å². The highest BCUT2D eigenvalue weighted by Crippen LogP contribution is 2.06. The Morgan fingerprint density at radius 1 is 1.75 bits per heavy atom. The zero-order chi connectivity index (χ0) is 9.78. The third-order valence-corrected chi connectivity index (χ3v) is 1.31. The van der Waals surface area contributed by atoms with E-state index in [4.69, 9.17) is 5.53 Å². The second-order valence-electron chi connectivity index (χ2n) is 2.86. The van der Waals surface area contributed by atoms with E-state index in [9.17, 15) is 9.90 Å². The van der Waals surface area contributed by atoms with Crippen LogP contribution >= 0.6 is 0 Å². The van der Waals surface area contributed by atoms with Crippen LogP contribution in [0.2, 0.25) is 0 Å². The van der Waals surface area contributed by atoms with Crippen LogP contribution in [0.15, 0.2) is 5.11 Å². The molecule has 0 saturated carbocycles. The summed E-state index contributed by atoms with van der Waals surface area (Å²) in [7, 11) is 3.04. The number of carbonyl (C=O) groups is 1. The van der Waals surface area contributed by atoms with Gasteiger partial charge in [0, 0.05) is 19.0 Å². The third-order valence-electron chi connectivity index (χ3n) is 1.31. The number of likely N-dealkylation sites (N-methyl/N-ethyl adjacent to an activating group) is 1. The molecule has 0 saturated heterocycles. The normalized spacial score (nSPS) is 14.3. The number of hydrogen-bond donors (Lipinski definition) is 1. The van der Waals surface area contributed by atoms with Crippen LogP contribution in [0.3, 0.4) is 0 Å². The van der Waals surface area contributed by atoms with Crippen molar-refractivity contribution in [2.75, 3.05) is 20.6 Å². The predicted octanol–water partition coefficient (Wildman–Crippen LogP) is 0.136. The lowest BCUT2D eigenvalue weighted by Crippen LogP contribution is -2.45. The van der Waals surface area contributed by atoms with Gasteiger partial charge in [-0.05, 0) is 12.5 Å². The molecule has 0 radical (unpaired) electrons. The molecular weight excluding hydrogens is 160 g/mol. The Morgan fingerprint density at radius 3 is 2.58 bits per heavy atom. The van der Waals surface area contributed by atoms with Crippen molar-refractivity contribution >= 4 is 5.91 Å². The maximum Gasteiger partial charge on any atom is 0.253 e. The summed E-state index contributed by atoms with van der Waals surface area (Å²) in [6.45, 7) is 1.06. The smallest absolute Gasteiger partial charge is 0.253 e. The minimum absolute atomic E-state index is 0.249. The molecule has 0 bridgehead atoms. The second kappa shape index (κ2) is 3.94. The summed E-state index contributed by atoms with van der Waals surface area (Å²) < 4.78 is 0. The first-order valence-electron chi connectivity index (χ1n) is 3.37. The molecule has 0 aliphatic carbocycles. The maximum atomic E-state index is 11.2. The SMILES string of the molecule is CN(C)C(=O)C(C)(O)CN=[N+]=[N-]. The Bertz CT molecular complexity index is 218. The highest BCUT2D eigenvalue weighted by molar-refractivity contribution is 5.84. The van der Waals surface area contributed by atoms with Gasteiger partial charge in [-0.1, -0.05) is 5.11 Å². The number of nitrogens with zero attached hydrogens (tertiary/aromatic N) is 4. The molecule has 0 heterocycles. The third kappa shape index (κ3) is 2.77. The van der Waals surface area contributed by atoms with Crippen molar-refractivity contribution in [1.82, 2.24) is 4.90 Å². The number of aliphatic hydroxyl groups is 1. The fourth-order valence-corrected chi connectivity index (χ4v) is 0.719. The fourth-order valence-electron chi connectivity index (χ4n) is 0.719. The molecule has 0 aliphatic heterocycles. The molecule has 12 heavy (non-hydrogen) atoms. The Hall–Kier alpha value is -1.26. The van der Waals surface area contributed by atoms with Crippen molar-refractivity contribution in [3.8, 4) is 0 Å². The number of hydrogen-bond acceptors (Lipinski definition) is 3. The van der Waals surface area contributed by atoms with Crippen LogP contribution in [-0.2, 0) is 4.79 Å². The molecule has 6 heteroatoms. The number of rotatable bonds is 3. The van der Waals surface area contributed by atoms with Gasteiger partial charge in [0.2, 0.25) is 0 Å². The molecule has 0 aliphatic rings. The molecule has 0 aromatic rings. The van der Waals surface area contributed by atoms with E-state index in [1.54, 1.807) is 0 Å². The Morgan fingerprint density at radius 2 is 2.25 bits per heavy atom. The zero-order valence-electron chi connectivity index (χ0n) is 7.35. The lowest BCUT2D eigenvalue weighted by atomic mass is 10.1. The molecule has 1 unspecified atom stereocenters. The van der Waals surface area contributed by atoms with Gasteiger partial charge >= 0.3 is 0 Å². The first-order valence-corrected chi connectivity index (χ1v) is 3.37. The lowest BCUT2D eigenvalue weighted by molar-refractivity contribution is -0.145. The average molecular weight is 172 g/mol. The van der Waals surface area contributed by atoms with Crippen molar-refractivity contribution in [2.45, 2.75) is 12.5 Å². The molecule has 1 amide bonds. The van der Waals surface area contributed by atoms with Crippen LogP contribution in [0, 0.1) is 0 Å². The molecule has 6 nitrogen and oxygen atoms in total. The second-order valence-corrected chi connectivity index (χ2v) is 2.86. The standard InChI is InChI=1S/C6H12N4O2/c1-6(12,4-8-9-7)5(11)10(2)3/h12H,4H2,1-3H3. The molecule has 1 N–H and O–H groups in total. The fraction of sp³-hybridized carbons (Fsp3) is 0.833. The summed E-state index contributed by atoms with van der Waals surface area (Å²) >= 11 is 0. The van der Waals surface area contributed by atoms with Gasteiger partial charge in [-0.15, -0.1) is 0 Å². The summed E-state index contributed by atoms with van der Waals surface area (Å²) in [4.78, 5) is 14.9. The van der Waals surface area contributed by atoms with Gasteiger partial charge in [0.1, 0.15) is 5.60 Å². The number of amides is 1. The monoisotopic (exact) mass is 172 g/mol. The van der Waals surface area contributed by atoms with Crippen molar-refractivity contribution in [2.24, 2.45) is 5.11 Å². The van der Waals surface area contributed by atoms with E-state index in [2.05, 4.69) is 10.0 Å². The van der Waals surface area contributed by atoms with E-state index < -0.39 is 11.5 Å². The van der Waals surface area contributed by atoms with Gasteiger partial charge in [-0.25, -0.2) is 0 Å². The molecule has 68 valence electrons. The minimum atomic E-state index is -1.60. The van der Waals surface area contributed by atoms with Crippen LogP contribution in [0.1, 0.15) is 6.92 Å². The van der Waals surface area contributed by atoms with E-state index in [0.717, 1.165) is 0 Å². The van der Waals surface area contributed by atoms with E-state index in [0.29, 0.717) is 0 Å². The van der Waals surface area contributed by atoms with E-state index >= 15 is 0 Å². The van der Waals surface area contributed by atoms with Crippen LogP contribution in [-0.4, -0.2) is 42.2 Å². The zero-order valence-corrected chi connectivity index (χ0v) is 7.35. The van der Waals surface area contributed by atoms with Gasteiger partial charge in [0.05, 0.1) is 6.54 Å². The Kier molecular flexibility index (Phi) is 3.53. The molecule has 0 fully saturated rings. The molecule has 0 rings (SSSR count). The topological polar surface area (TPSA) is 89.3 Å². The first-order chi connectivity index (χ1) is 5.41. The average Bonchev–Trinajstić information content (AvgIpc) is 1.99. The van der Waals surface area contributed by atoms with Crippen molar-refractivity contribution in [1.29, 1.82) is 0 Å². The van der Waals surface area contributed by atoms with Crippen LogP contribution in [0.25, 0.3) is 10.4 Å². The van der Waals surface area contributed by atoms with Gasteiger partial charge < -0.3 is 10.0 Å². The van der Waals surface area contributed by atoms with Gasteiger partial charge in [-0.3, -0.25) is 4.79 Å². The van der Waals surface area contributed by atoms with Crippen LogP contribution in [0.4, 0.5) is 0 Å². The summed E-state index contributed by atoms with van der Waals surface area (Å²) in [5, 5.41) is 12.6. The van der Waals surface area contributed by atoms with Crippen molar-refractivity contribution in [3.63, 3.8) is 0 Å². The molecular formula is C6H12N4O2. The van der Waals surface area contributed by atoms with Gasteiger partial charge in [0.25, 0.3) is 5.91 Å². The highest BCUT2D eigenvalue weighted by atomic mass is 16.3. The molecule has 0 aromatic heterocycles. The molecule has 0 aromatic carbocycles. The largest absolute Gasteiger partial charge is 0.380 e. The minimum Gasteiger partial charge on any atom is -0.380 e. The van der Waals surface area contributed by atoms with Crippen molar-refractivity contribution < 1.29 is 9.90 Å². The lowest BCUT2D eigenvalue weighted by Gasteiger charge is -2.23. The summed E-state index contributed by atoms with van der Waals surface area (Å²) in [6, 6.07) is 0. The number of carbonyl (C=O) groups excluding carboxylic acids is 1. The van der Waals surface area contributed by atoms with Crippen LogP contribution < -0.4 is 0 Å². The molecule has 1 atom stereocenters. The van der Waals surface area contributed by atoms with E-state index in [1.807, 2.05) is 0 Å². The van der Waals surface area contributed by atoms with Gasteiger partial charge in [0.15, 0.2) is 0 Å². The summed E-state index contributed by atoms with van der Waals surface area (Å²) in [5.74, 6) is -0.477. The number of azide groups is 1. The van der Waals surface area contributed by atoms with Gasteiger partial charge in [-0.2, -0.15) is 0 Å². The van der Waals surface area contributed by atoms with E-state index in [-0.39, 0.29) is 6.54 Å².